The van der Waals surface area contributed by atoms with Crippen LogP contribution in [0.3, 0.4) is 0 Å². The second-order valence-corrected chi connectivity index (χ2v) is 16.2. The molecule has 5 heterocycles. The molecule has 1 saturated heterocycles. The van der Waals surface area contributed by atoms with Gasteiger partial charge in [-0.05, 0) is 144 Å². The molecule has 0 aromatic heterocycles. The summed E-state index contributed by atoms with van der Waals surface area (Å²) in [6, 6.07) is 0. The van der Waals surface area contributed by atoms with Gasteiger partial charge >= 0.3 is 0 Å². The van der Waals surface area contributed by atoms with E-state index in [4.69, 9.17) is 15.0 Å². The molecule has 0 aromatic carbocycles. The van der Waals surface area contributed by atoms with Crippen LogP contribution in [0, 0.1) is 11.8 Å². The number of amides is 1. The first-order valence-electron chi connectivity index (χ1n) is 19.0. The molecule has 2 N–H and O–H groups in total. The van der Waals surface area contributed by atoms with Crippen molar-refractivity contribution in [2.75, 3.05) is 54.4 Å². The minimum absolute atomic E-state index is 0.0166. The summed E-state index contributed by atoms with van der Waals surface area (Å²) < 4.78 is 0.912. The summed E-state index contributed by atoms with van der Waals surface area (Å²) in [5.74, 6) is 0.347. The van der Waals surface area contributed by atoms with Crippen LogP contribution >= 0.6 is 15.9 Å². The Morgan fingerprint density at radius 1 is 0.846 bits per heavy atom. The van der Waals surface area contributed by atoms with Crippen LogP contribution in [-0.4, -0.2) is 97.2 Å². The summed E-state index contributed by atoms with van der Waals surface area (Å²) in [7, 11) is 8.31. The zero-order chi connectivity index (χ0) is 37.6. The number of carbonyl (C=O) groups is 1. The zero-order valence-corrected chi connectivity index (χ0v) is 34.4. The molecule has 0 saturated carbocycles. The molecule has 0 aromatic rings. The summed E-state index contributed by atoms with van der Waals surface area (Å²) in [6.45, 7) is 16.2. The van der Waals surface area contributed by atoms with E-state index in [2.05, 4.69) is 111 Å². The maximum Gasteiger partial charge on any atom is 0.223 e. The molecule has 0 radical (unpaired) electrons. The summed E-state index contributed by atoms with van der Waals surface area (Å²) >= 11 is 4.04. The van der Waals surface area contributed by atoms with Gasteiger partial charge in [-0.1, -0.05) is 20.8 Å². The Hall–Kier alpha value is -3.60. The maximum absolute atomic E-state index is 14.4. The van der Waals surface area contributed by atoms with Crippen LogP contribution in [0.25, 0.3) is 0 Å². The predicted octanol–water partition coefficient (Wildman–Crippen LogP) is 7.91. The molecular weight excluding hydrogens is 714 g/mol. The van der Waals surface area contributed by atoms with E-state index < -0.39 is 0 Å². The number of aliphatic hydroxyl groups excluding tert-OH is 1. The molecule has 1 fully saturated rings. The van der Waals surface area contributed by atoms with Crippen molar-refractivity contribution in [3.05, 3.63) is 89.9 Å². The number of hydrogen-bond acceptors (Lipinski definition) is 8. The van der Waals surface area contributed by atoms with Crippen LogP contribution in [0.5, 0.6) is 0 Å². The average Bonchev–Trinajstić information content (AvgIpc) is 3.85. The largest absolute Gasteiger partial charge is 0.511 e. The van der Waals surface area contributed by atoms with Crippen LogP contribution in [0.2, 0.25) is 0 Å². The number of aliphatic hydroxyl groups is 1. The SMILES string of the molecule is CCC1=C(C)C2=NC1=CC1=C(C)C3=C(O)CC(=C4NC(=C(Br)C5=NC(=C2)C(CC)=C5C)[C@@H](C)C4CC(=O)N(CCCN(C)C)CCCN(C)C)C3=N1. The van der Waals surface area contributed by atoms with Crippen molar-refractivity contribution in [2.45, 2.75) is 80.1 Å². The number of fused-ring (bicyclic) bond motifs is 5. The average molecular weight is 771 g/mol. The van der Waals surface area contributed by atoms with Crippen molar-refractivity contribution >= 4 is 39.0 Å². The molecule has 1 amide bonds. The molecule has 8 bridgehead atoms. The van der Waals surface area contributed by atoms with E-state index in [1.165, 1.54) is 11.1 Å². The van der Waals surface area contributed by atoms with E-state index in [0.29, 0.717) is 18.6 Å². The van der Waals surface area contributed by atoms with Gasteiger partial charge < -0.3 is 25.1 Å². The van der Waals surface area contributed by atoms with Crippen molar-refractivity contribution in [1.82, 2.24) is 20.0 Å². The third-order valence-corrected chi connectivity index (χ3v) is 12.2. The number of carbonyl (C=O) groups excluding carboxylic acids is 1. The van der Waals surface area contributed by atoms with Crippen molar-refractivity contribution in [3.8, 4) is 0 Å². The molecule has 6 aliphatic rings. The fraction of sp³-hybridized carbons (Fsp3) is 0.524. The summed E-state index contributed by atoms with van der Waals surface area (Å²) in [6.07, 6.45) is 8.51. The molecular formula is C42H56BrN7O2. The van der Waals surface area contributed by atoms with Gasteiger partial charge in [0.1, 0.15) is 5.76 Å². The Labute approximate surface area is 318 Å². The first kappa shape index (κ1) is 38.1. The maximum atomic E-state index is 14.4. The molecule has 52 heavy (non-hydrogen) atoms. The van der Waals surface area contributed by atoms with Gasteiger partial charge in [-0.25, -0.2) is 15.0 Å². The number of hydrogen-bond donors (Lipinski definition) is 2. The highest BCUT2D eigenvalue weighted by molar-refractivity contribution is 9.12. The van der Waals surface area contributed by atoms with Gasteiger partial charge in [-0.2, -0.15) is 0 Å². The standard InChI is InChI=1S/C42H56BrN7O2/c1-11-27-23(3)31-21-34-28(12-2)24(4)39(46-34)38(43)40-25(5)29(20-36(52)50(17-13-15-48(7)8)18-14-16-49(9)10)41(47-40)30-19-35(51)37-26(6)32(45-42(30)37)22-33(27)44-31/h21-22,25,29,47,51H,11-20H2,1-10H3/t25-,29?/m0/s1. The summed E-state index contributed by atoms with van der Waals surface area (Å²) in [5, 5.41) is 15.4. The van der Waals surface area contributed by atoms with E-state index in [1.54, 1.807) is 0 Å². The van der Waals surface area contributed by atoms with Gasteiger partial charge in [0.25, 0.3) is 0 Å². The van der Waals surface area contributed by atoms with Crippen molar-refractivity contribution in [2.24, 2.45) is 26.8 Å². The predicted molar refractivity (Wildman–Crippen MR) is 218 cm³/mol. The van der Waals surface area contributed by atoms with E-state index in [0.717, 1.165) is 130 Å². The highest BCUT2D eigenvalue weighted by Gasteiger charge is 2.43. The number of nitrogens with zero attached hydrogens (tertiary/aromatic N) is 6. The molecule has 0 spiro atoms. The monoisotopic (exact) mass is 769 g/mol. The number of aliphatic imine (C=N–C) groups is 3. The fourth-order valence-corrected chi connectivity index (χ4v) is 9.26. The van der Waals surface area contributed by atoms with Gasteiger partial charge in [-0.3, -0.25) is 4.79 Å². The number of nitrogens with one attached hydrogen (secondary N) is 1. The van der Waals surface area contributed by atoms with Crippen LogP contribution in [-0.2, 0) is 4.79 Å². The Morgan fingerprint density at radius 2 is 1.46 bits per heavy atom. The van der Waals surface area contributed by atoms with Crippen LogP contribution < -0.4 is 5.32 Å². The van der Waals surface area contributed by atoms with E-state index in [9.17, 15) is 9.90 Å². The highest BCUT2D eigenvalue weighted by atomic mass is 79.9. The van der Waals surface area contributed by atoms with Crippen LogP contribution in [0.1, 0.15) is 80.1 Å². The van der Waals surface area contributed by atoms with Gasteiger partial charge in [0.05, 0.1) is 38.7 Å². The lowest BCUT2D eigenvalue weighted by atomic mass is 9.86. The fourth-order valence-electron chi connectivity index (χ4n) is 8.42. The summed E-state index contributed by atoms with van der Waals surface area (Å²) in [4.78, 5) is 36.5. The second kappa shape index (κ2) is 15.4. The summed E-state index contributed by atoms with van der Waals surface area (Å²) in [5.41, 5.74) is 14.7. The normalized spacial score (nSPS) is 22.8. The molecule has 1 aliphatic carbocycles. The van der Waals surface area contributed by atoms with Crippen LogP contribution in [0.15, 0.2) is 105 Å². The molecule has 10 heteroatoms. The Kier molecular flexibility index (Phi) is 11.3. The Bertz CT molecular complexity index is 1910. The topological polar surface area (TPSA) is 96.1 Å². The lowest BCUT2D eigenvalue weighted by Gasteiger charge is -2.27. The lowest BCUT2D eigenvalue weighted by Crippen LogP contribution is -2.37. The molecule has 5 aliphatic heterocycles. The Morgan fingerprint density at radius 3 is 2.08 bits per heavy atom. The van der Waals surface area contributed by atoms with E-state index in [-0.39, 0.29) is 17.7 Å². The second-order valence-electron chi connectivity index (χ2n) is 15.4. The minimum Gasteiger partial charge on any atom is -0.511 e. The molecule has 9 nitrogen and oxygen atoms in total. The van der Waals surface area contributed by atoms with Gasteiger partial charge in [0.2, 0.25) is 5.91 Å². The smallest absolute Gasteiger partial charge is 0.223 e. The van der Waals surface area contributed by atoms with Gasteiger partial charge in [0.15, 0.2) is 0 Å². The number of rotatable bonds is 12. The third kappa shape index (κ3) is 7.06. The first-order valence-corrected chi connectivity index (χ1v) is 19.8. The zero-order valence-electron chi connectivity index (χ0n) is 32.8. The van der Waals surface area contributed by atoms with Crippen LogP contribution in [0.4, 0.5) is 0 Å². The molecule has 278 valence electrons. The quantitative estimate of drug-likeness (QED) is 0.211. The minimum atomic E-state index is -0.130. The van der Waals surface area contributed by atoms with Gasteiger partial charge in [0, 0.05) is 60.3 Å². The van der Waals surface area contributed by atoms with Crippen molar-refractivity contribution in [1.29, 1.82) is 0 Å². The Balaban J connectivity index is 1.49. The van der Waals surface area contributed by atoms with E-state index in [1.807, 2.05) is 6.92 Å². The van der Waals surface area contributed by atoms with Crippen molar-refractivity contribution < 1.29 is 9.90 Å². The molecule has 2 atom stereocenters. The number of allylic oxidation sites excluding steroid dienone is 12. The molecule has 1 unspecified atom stereocenters. The highest BCUT2D eigenvalue weighted by Crippen LogP contribution is 2.48. The third-order valence-electron chi connectivity index (χ3n) is 11.4. The first-order chi connectivity index (χ1) is 24.7. The molecule has 6 rings (SSSR count). The van der Waals surface area contributed by atoms with E-state index >= 15 is 0 Å². The van der Waals surface area contributed by atoms with Gasteiger partial charge in [-0.15, -0.1) is 0 Å². The van der Waals surface area contributed by atoms with Crippen molar-refractivity contribution in [3.63, 3.8) is 0 Å². The number of halogens is 1. The lowest BCUT2D eigenvalue weighted by molar-refractivity contribution is -0.132.